The van der Waals surface area contributed by atoms with Gasteiger partial charge in [-0.25, -0.2) is 13.9 Å². The summed E-state index contributed by atoms with van der Waals surface area (Å²) in [6, 6.07) is 12.1. The monoisotopic (exact) mass is 501 g/mol. The van der Waals surface area contributed by atoms with Crippen LogP contribution in [0.15, 0.2) is 67.1 Å². The van der Waals surface area contributed by atoms with Crippen molar-refractivity contribution in [3.8, 4) is 5.69 Å². The van der Waals surface area contributed by atoms with Crippen molar-refractivity contribution in [3.63, 3.8) is 0 Å². The fourth-order valence-corrected chi connectivity index (χ4v) is 4.28. The zero-order valence-corrected chi connectivity index (χ0v) is 20.2. The lowest BCUT2D eigenvalue weighted by atomic mass is 10.0. The van der Waals surface area contributed by atoms with Gasteiger partial charge in [-0.3, -0.25) is 14.6 Å². The average molecular weight is 502 g/mol. The largest absolute Gasteiger partial charge is 0.467 e. The first-order chi connectivity index (χ1) is 17.8. The highest BCUT2D eigenvalue weighted by Gasteiger charge is 2.46. The van der Waals surface area contributed by atoms with Crippen LogP contribution in [0.4, 0.5) is 4.39 Å². The van der Waals surface area contributed by atoms with E-state index in [1.54, 1.807) is 54.3 Å². The quantitative estimate of drug-likeness (QED) is 0.376. The van der Waals surface area contributed by atoms with Gasteiger partial charge in [-0.15, -0.1) is 0 Å². The summed E-state index contributed by atoms with van der Waals surface area (Å²) >= 11 is 0. The fourth-order valence-electron chi connectivity index (χ4n) is 4.28. The van der Waals surface area contributed by atoms with E-state index in [0.29, 0.717) is 40.6 Å². The van der Waals surface area contributed by atoms with Crippen molar-refractivity contribution in [2.45, 2.75) is 31.3 Å². The Bertz CT molecular complexity index is 1510. The smallest absolute Gasteiger partial charge is 0.328 e. The predicted octanol–water partition coefficient (Wildman–Crippen LogP) is 3.27. The van der Waals surface area contributed by atoms with Crippen molar-refractivity contribution in [2.24, 2.45) is 0 Å². The number of fused-ring (bicyclic) bond motifs is 1. The normalized spacial score (nSPS) is 14.6. The van der Waals surface area contributed by atoms with Gasteiger partial charge in [0.25, 0.3) is 11.8 Å². The van der Waals surface area contributed by atoms with Crippen molar-refractivity contribution in [3.05, 3.63) is 89.6 Å². The molecule has 188 valence electrons. The number of ether oxygens (including phenoxy) is 1. The van der Waals surface area contributed by atoms with E-state index in [0.717, 1.165) is 5.56 Å². The summed E-state index contributed by atoms with van der Waals surface area (Å²) in [5.41, 5.74) is 2.17. The molecule has 37 heavy (non-hydrogen) atoms. The zero-order chi connectivity index (χ0) is 26.2. The van der Waals surface area contributed by atoms with Crippen LogP contribution < -0.4 is 10.6 Å². The summed E-state index contributed by atoms with van der Waals surface area (Å²) in [5.74, 6) is -1.62. The Morgan fingerprint density at radius 3 is 2.51 bits per heavy atom. The number of rotatable bonds is 7. The summed E-state index contributed by atoms with van der Waals surface area (Å²) in [6.07, 6.45) is 6.10. The van der Waals surface area contributed by atoms with Gasteiger partial charge >= 0.3 is 5.97 Å². The number of aromatic nitrogens is 3. The van der Waals surface area contributed by atoms with Crippen LogP contribution in [-0.2, 0) is 15.1 Å². The number of carbonyl (C=O) groups excluding carboxylic acids is 3. The van der Waals surface area contributed by atoms with Crippen molar-refractivity contribution in [1.82, 2.24) is 25.4 Å². The molecule has 2 amide bonds. The highest BCUT2D eigenvalue weighted by atomic mass is 19.1. The SMILES string of the molecule is COC(=O)[C@H](C)NC(=O)c1cccc(C2(NC(=O)c3cncc4c3cnn4-c3ccc(F)cc3)CC2)c1. The molecular weight excluding hydrogens is 477 g/mol. The molecule has 2 heterocycles. The summed E-state index contributed by atoms with van der Waals surface area (Å²) in [4.78, 5) is 41.9. The molecule has 1 aliphatic rings. The lowest BCUT2D eigenvalue weighted by Crippen LogP contribution is -2.39. The molecular formula is C27H24FN5O4. The summed E-state index contributed by atoms with van der Waals surface area (Å²) in [7, 11) is 1.26. The molecule has 0 unspecified atom stereocenters. The predicted molar refractivity (Wildman–Crippen MR) is 133 cm³/mol. The molecule has 2 aromatic carbocycles. The molecule has 1 atom stereocenters. The van der Waals surface area contributed by atoms with Gasteiger partial charge < -0.3 is 15.4 Å². The molecule has 9 nitrogen and oxygen atoms in total. The summed E-state index contributed by atoms with van der Waals surface area (Å²) in [5, 5.41) is 10.7. The number of benzene rings is 2. The lowest BCUT2D eigenvalue weighted by molar-refractivity contribution is -0.142. The molecule has 0 spiro atoms. The van der Waals surface area contributed by atoms with Gasteiger partial charge in [-0.2, -0.15) is 5.10 Å². The molecule has 0 radical (unpaired) electrons. The molecule has 0 aliphatic heterocycles. The van der Waals surface area contributed by atoms with Gasteiger partial charge in [0.15, 0.2) is 0 Å². The van der Waals surface area contributed by atoms with Gasteiger partial charge in [0.2, 0.25) is 0 Å². The molecule has 0 saturated heterocycles. The van der Waals surface area contributed by atoms with Gasteiger partial charge in [-0.05, 0) is 61.7 Å². The van der Waals surface area contributed by atoms with Crippen LogP contribution in [0.25, 0.3) is 16.6 Å². The molecule has 5 rings (SSSR count). The number of hydrogen-bond donors (Lipinski definition) is 2. The van der Waals surface area contributed by atoms with Gasteiger partial charge in [-0.1, -0.05) is 12.1 Å². The average Bonchev–Trinajstić information content (AvgIpc) is 3.57. The topological polar surface area (TPSA) is 115 Å². The zero-order valence-electron chi connectivity index (χ0n) is 20.2. The Morgan fingerprint density at radius 1 is 1.05 bits per heavy atom. The number of amides is 2. The number of hydrogen-bond acceptors (Lipinski definition) is 6. The van der Waals surface area contributed by atoms with Crippen LogP contribution in [-0.4, -0.2) is 45.7 Å². The van der Waals surface area contributed by atoms with Gasteiger partial charge in [0, 0.05) is 17.1 Å². The molecule has 4 aromatic rings. The first-order valence-electron chi connectivity index (χ1n) is 11.7. The Kier molecular flexibility index (Phi) is 6.16. The van der Waals surface area contributed by atoms with Crippen LogP contribution in [0.5, 0.6) is 0 Å². The van der Waals surface area contributed by atoms with E-state index < -0.39 is 23.5 Å². The minimum Gasteiger partial charge on any atom is -0.467 e. The van der Waals surface area contributed by atoms with Crippen LogP contribution in [0.3, 0.4) is 0 Å². The van der Waals surface area contributed by atoms with Gasteiger partial charge in [0.05, 0.1) is 41.8 Å². The van der Waals surface area contributed by atoms with Crippen molar-refractivity contribution < 1.29 is 23.5 Å². The van der Waals surface area contributed by atoms with E-state index in [1.807, 2.05) is 6.07 Å². The first kappa shape index (κ1) is 24.1. The van der Waals surface area contributed by atoms with Crippen LogP contribution in [0.2, 0.25) is 0 Å². The Balaban J connectivity index is 1.38. The third kappa shape index (κ3) is 4.65. The minimum absolute atomic E-state index is 0.316. The van der Waals surface area contributed by atoms with Crippen LogP contribution >= 0.6 is 0 Å². The highest BCUT2D eigenvalue weighted by Crippen LogP contribution is 2.46. The Morgan fingerprint density at radius 2 is 1.81 bits per heavy atom. The van der Waals surface area contributed by atoms with Crippen molar-refractivity contribution in [2.75, 3.05) is 7.11 Å². The van der Waals surface area contributed by atoms with Crippen LogP contribution in [0, 0.1) is 5.82 Å². The second-order valence-corrected chi connectivity index (χ2v) is 8.99. The molecule has 0 bridgehead atoms. The van der Waals surface area contributed by atoms with E-state index >= 15 is 0 Å². The maximum atomic E-state index is 13.4. The first-order valence-corrected chi connectivity index (χ1v) is 11.7. The third-order valence-corrected chi connectivity index (χ3v) is 6.50. The number of halogens is 1. The number of methoxy groups -OCH3 is 1. The molecule has 1 aliphatic carbocycles. The molecule has 1 saturated carbocycles. The molecule has 10 heteroatoms. The van der Waals surface area contributed by atoms with E-state index in [9.17, 15) is 18.8 Å². The number of nitrogens with zero attached hydrogens (tertiary/aromatic N) is 3. The number of esters is 1. The van der Waals surface area contributed by atoms with Gasteiger partial charge in [0.1, 0.15) is 11.9 Å². The van der Waals surface area contributed by atoms with Crippen LogP contribution in [0.1, 0.15) is 46.0 Å². The molecule has 2 N–H and O–H groups in total. The maximum absolute atomic E-state index is 13.4. The summed E-state index contributed by atoms with van der Waals surface area (Å²) in [6.45, 7) is 1.54. The van der Waals surface area contributed by atoms with Crippen molar-refractivity contribution >= 4 is 28.7 Å². The summed E-state index contributed by atoms with van der Waals surface area (Å²) < 4.78 is 19.6. The van der Waals surface area contributed by atoms with Crippen molar-refractivity contribution in [1.29, 1.82) is 0 Å². The highest BCUT2D eigenvalue weighted by molar-refractivity contribution is 6.06. The van der Waals surface area contributed by atoms with E-state index in [2.05, 4.69) is 25.5 Å². The Labute approximate surface area is 211 Å². The number of pyridine rings is 1. The molecule has 1 fully saturated rings. The molecule has 2 aromatic heterocycles. The third-order valence-electron chi connectivity index (χ3n) is 6.50. The fraction of sp³-hybridized carbons (Fsp3) is 0.222. The lowest BCUT2D eigenvalue weighted by Gasteiger charge is -2.19. The standard InChI is InChI=1S/C27H24FN5O4/c1-16(26(36)37-2)31-24(34)17-4-3-5-18(12-17)27(10-11-27)32-25(35)22-13-29-15-23-21(22)14-30-33(23)20-8-6-19(28)7-9-20/h3-9,12-16H,10-11H2,1-2H3,(H,31,34)(H,32,35)/t16-/m0/s1. The van der Waals surface area contributed by atoms with E-state index in [-0.39, 0.29) is 11.7 Å². The number of nitrogens with one attached hydrogen (secondary N) is 2. The minimum atomic E-state index is -0.792. The maximum Gasteiger partial charge on any atom is 0.328 e. The van der Waals surface area contributed by atoms with E-state index in [1.165, 1.54) is 25.4 Å². The second kappa shape index (κ2) is 9.45. The Hall–Kier alpha value is -4.60. The second-order valence-electron chi connectivity index (χ2n) is 8.99. The van der Waals surface area contributed by atoms with E-state index in [4.69, 9.17) is 0 Å². The number of carbonyl (C=O) groups is 3.